The summed E-state index contributed by atoms with van der Waals surface area (Å²) < 4.78 is 17.0. The van der Waals surface area contributed by atoms with Crippen LogP contribution in [-0.4, -0.2) is 26.2 Å². The maximum absolute atomic E-state index is 12.7. The molecule has 4 rings (SSSR count). The molecule has 0 radical (unpaired) electrons. The molecule has 35 heavy (non-hydrogen) atoms. The quantitative estimate of drug-likeness (QED) is 0.259. The maximum Gasteiger partial charge on any atom is 0.244 e. The summed E-state index contributed by atoms with van der Waals surface area (Å²) in [5.41, 5.74) is 5.43. The molecule has 1 heterocycles. The fraction of sp³-hybridized carbons (Fsp3) is 0.207. The molecule has 0 atom stereocenters. The first-order valence-electron chi connectivity index (χ1n) is 11.5. The Kier molecular flexibility index (Phi) is 7.78. The van der Waals surface area contributed by atoms with Crippen molar-refractivity contribution < 1.29 is 18.7 Å². The topological polar surface area (TPSA) is 60.7 Å². The van der Waals surface area contributed by atoms with Gasteiger partial charge >= 0.3 is 0 Å². The number of rotatable bonds is 9. The summed E-state index contributed by atoms with van der Waals surface area (Å²) in [7, 11) is 1.64. The highest BCUT2D eigenvalue weighted by atomic mass is 35.5. The lowest BCUT2D eigenvalue weighted by Gasteiger charge is -2.12. The standard InChI is InChI=1S/C29H28ClNO4/c1-4-34-27-17-28-25(26(18-35-28)21-8-10-22(30)11-9-21)16-24(27)19(2)14-29(32)31-13-12-20-6-5-7-23(15-20)33-3/h5-11,14-18H,4,12-13H2,1-3H3,(H,31,32)/b19-14+. The molecule has 0 saturated carbocycles. The van der Waals surface area contributed by atoms with Crippen LogP contribution in [0.2, 0.25) is 5.02 Å². The lowest BCUT2D eigenvalue weighted by Crippen LogP contribution is -2.23. The number of ether oxygens (including phenoxy) is 2. The van der Waals surface area contributed by atoms with E-state index in [1.807, 2.05) is 74.5 Å². The molecular formula is C29H28ClNO4. The Bertz CT molecular complexity index is 1360. The Labute approximate surface area is 210 Å². The number of carbonyl (C=O) groups excluding carboxylic acids is 1. The second kappa shape index (κ2) is 11.2. The van der Waals surface area contributed by atoms with Gasteiger partial charge in [-0.3, -0.25) is 4.79 Å². The lowest BCUT2D eigenvalue weighted by molar-refractivity contribution is -0.116. The zero-order chi connectivity index (χ0) is 24.8. The average Bonchev–Trinajstić information content (AvgIpc) is 3.27. The molecule has 1 aromatic heterocycles. The normalized spacial score (nSPS) is 11.5. The van der Waals surface area contributed by atoms with Gasteiger partial charge in [-0.25, -0.2) is 0 Å². The van der Waals surface area contributed by atoms with E-state index in [0.29, 0.717) is 30.3 Å². The Morgan fingerprint density at radius 2 is 1.91 bits per heavy atom. The lowest BCUT2D eigenvalue weighted by atomic mass is 9.99. The van der Waals surface area contributed by atoms with E-state index in [0.717, 1.165) is 44.5 Å². The Morgan fingerprint density at radius 3 is 2.66 bits per heavy atom. The van der Waals surface area contributed by atoms with Gasteiger partial charge in [0.25, 0.3) is 0 Å². The van der Waals surface area contributed by atoms with E-state index in [-0.39, 0.29) is 5.91 Å². The summed E-state index contributed by atoms with van der Waals surface area (Å²) in [6, 6.07) is 19.4. The summed E-state index contributed by atoms with van der Waals surface area (Å²) >= 11 is 6.06. The molecule has 0 spiro atoms. The van der Waals surface area contributed by atoms with Gasteiger partial charge in [-0.05, 0) is 67.3 Å². The van der Waals surface area contributed by atoms with Crippen LogP contribution in [0.15, 0.2) is 77.4 Å². The van der Waals surface area contributed by atoms with Gasteiger partial charge in [0.1, 0.15) is 17.1 Å². The van der Waals surface area contributed by atoms with Crippen molar-refractivity contribution in [1.29, 1.82) is 0 Å². The smallest absolute Gasteiger partial charge is 0.244 e. The van der Waals surface area contributed by atoms with E-state index < -0.39 is 0 Å². The van der Waals surface area contributed by atoms with Crippen molar-refractivity contribution in [3.63, 3.8) is 0 Å². The number of hydrogen-bond donors (Lipinski definition) is 1. The Hall–Kier alpha value is -3.70. The molecule has 4 aromatic rings. The Morgan fingerprint density at radius 1 is 1.11 bits per heavy atom. The van der Waals surface area contributed by atoms with E-state index in [2.05, 4.69) is 5.32 Å². The van der Waals surface area contributed by atoms with Gasteiger partial charge in [0.05, 0.1) is 20.0 Å². The molecule has 5 nitrogen and oxygen atoms in total. The van der Waals surface area contributed by atoms with Crippen LogP contribution in [0.4, 0.5) is 0 Å². The number of hydrogen-bond acceptors (Lipinski definition) is 4. The fourth-order valence-electron chi connectivity index (χ4n) is 3.97. The zero-order valence-corrected chi connectivity index (χ0v) is 20.8. The van der Waals surface area contributed by atoms with Crippen molar-refractivity contribution in [1.82, 2.24) is 5.32 Å². The van der Waals surface area contributed by atoms with Crippen LogP contribution in [0.25, 0.3) is 27.7 Å². The summed E-state index contributed by atoms with van der Waals surface area (Å²) in [5, 5.41) is 4.59. The molecule has 1 amide bonds. The molecule has 0 unspecified atom stereocenters. The number of allylic oxidation sites excluding steroid dienone is 1. The minimum Gasteiger partial charge on any atom is -0.497 e. The van der Waals surface area contributed by atoms with Crippen molar-refractivity contribution in [2.75, 3.05) is 20.3 Å². The van der Waals surface area contributed by atoms with E-state index in [4.69, 9.17) is 25.5 Å². The number of carbonyl (C=O) groups is 1. The summed E-state index contributed by atoms with van der Waals surface area (Å²) in [6.07, 6.45) is 4.06. The monoisotopic (exact) mass is 489 g/mol. The molecule has 0 fully saturated rings. The van der Waals surface area contributed by atoms with Gasteiger partial charge in [-0.15, -0.1) is 0 Å². The van der Waals surface area contributed by atoms with Gasteiger partial charge in [-0.2, -0.15) is 0 Å². The van der Waals surface area contributed by atoms with E-state index in [1.165, 1.54) is 0 Å². The number of furan rings is 1. The van der Waals surface area contributed by atoms with E-state index in [9.17, 15) is 4.79 Å². The fourth-order valence-corrected chi connectivity index (χ4v) is 4.10. The van der Waals surface area contributed by atoms with Gasteiger partial charge < -0.3 is 19.2 Å². The molecule has 0 aliphatic heterocycles. The highest BCUT2D eigenvalue weighted by molar-refractivity contribution is 6.30. The molecule has 180 valence electrons. The first kappa shape index (κ1) is 24.4. The third-order valence-electron chi connectivity index (χ3n) is 5.75. The first-order valence-corrected chi connectivity index (χ1v) is 11.9. The van der Waals surface area contributed by atoms with Crippen molar-refractivity contribution in [2.45, 2.75) is 20.3 Å². The predicted molar refractivity (Wildman–Crippen MR) is 141 cm³/mol. The third-order valence-corrected chi connectivity index (χ3v) is 6.00. The van der Waals surface area contributed by atoms with Crippen LogP contribution in [0.3, 0.4) is 0 Å². The van der Waals surface area contributed by atoms with Crippen molar-refractivity contribution in [3.05, 3.63) is 89.2 Å². The minimum atomic E-state index is -0.155. The molecule has 0 aliphatic rings. The minimum absolute atomic E-state index is 0.155. The second-order valence-electron chi connectivity index (χ2n) is 8.15. The number of nitrogens with one attached hydrogen (secondary N) is 1. The molecule has 0 bridgehead atoms. The van der Waals surface area contributed by atoms with Gasteiger partial charge in [0, 0.05) is 40.2 Å². The number of fused-ring (bicyclic) bond motifs is 1. The zero-order valence-electron chi connectivity index (χ0n) is 20.1. The first-order chi connectivity index (χ1) is 17.0. The van der Waals surface area contributed by atoms with Crippen molar-refractivity contribution in [3.8, 4) is 22.6 Å². The average molecular weight is 490 g/mol. The van der Waals surface area contributed by atoms with Crippen molar-refractivity contribution >= 4 is 34.1 Å². The third kappa shape index (κ3) is 5.87. The van der Waals surface area contributed by atoms with Gasteiger partial charge in [0.15, 0.2) is 0 Å². The van der Waals surface area contributed by atoms with E-state index >= 15 is 0 Å². The summed E-state index contributed by atoms with van der Waals surface area (Å²) in [5.74, 6) is 1.33. The Balaban J connectivity index is 1.56. The highest BCUT2D eigenvalue weighted by Crippen LogP contribution is 2.37. The SMILES string of the molecule is CCOc1cc2occ(-c3ccc(Cl)cc3)c2cc1/C(C)=C/C(=O)NCCc1cccc(OC)c1. The highest BCUT2D eigenvalue weighted by Gasteiger charge is 2.15. The largest absolute Gasteiger partial charge is 0.497 e. The van der Waals surface area contributed by atoms with Crippen LogP contribution in [0, 0.1) is 0 Å². The van der Waals surface area contributed by atoms with Crippen molar-refractivity contribution in [2.24, 2.45) is 0 Å². The molecule has 6 heteroatoms. The predicted octanol–water partition coefficient (Wildman–Crippen LogP) is 6.92. The van der Waals surface area contributed by atoms with Crippen LogP contribution in [-0.2, 0) is 11.2 Å². The maximum atomic E-state index is 12.7. The van der Waals surface area contributed by atoms with E-state index in [1.54, 1.807) is 19.4 Å². The number of amides is 1. The van der Waals surface area contributed by atoms with Gasteiger partial charge in [0.2, 0.25) is 5.91 Å². The number of methoxy groups -OCH3 is 1. The van der Waals surface area contributed by atoms with Crippen LogP contribution in [0.1, 0.15) is 25.0 Å². The molecule has 3 aromatic carbocycles. The summed E-state index contributed by atoms with van der Waals surface area (Å²) in [4.78, 5) is 12.7. The molecule has 0 aliphatic carbocycles. The molecule has 0 saturated heterocycles. The second-order valence-corrected chi connectivity index (χ2v) is 8.59. The van der Waals surface area contributed by atoms with Crippen LogP contribution >= 0.6 is 11.6 Å². The van der Waals surface area contributed by atoms with Gasteiger partial charge in [-0.1, -0.05) is 35.9 Å². The van der Waals surface area contributed by atoms with Crippen LogP contribution < -0.4 is 14.8 Å². The number of halogens is 1. The molecular weight excluding hydrogens is 462 g/mol. The molecule has 1 N–H and O–H groups in total. The number of benzene rings is 3. The van der Waals surface area contributed by atoms with Crippen LogP contribution in [0.5, 0.6) is 11.5 Å². The summed E-state index contributed by atoms with van der Waals surface area (Å²) in [6.45, 7) is 4.87.